The van der Waals surface area contributed by atoms with Gasteiger partial charge in [-0.1, -0.05) is 13.0 Å². The maximum absolute atomic E-state index is 13.8. The van der Waals surface area contributed by atoms with Crippen molar-refractivity contribution < 1.29 is 41.3 Å². The van der Waals surface area contributed by atoms with E-state index in [1.807, 2.05) is 0 Å². The largest absolute Gasteiger partial charge is 0.417 e. The first kappa shape index (κ1) is 28.3. The van der Waals surface area contributed by atoms with Crippen LogP contribution in [-0.2, 0) is 9.47 Å². The summed E-state index contributed by atoms with van der Waals surface area (Å²) in [5, 5.41) is 7.00. The lowest BCUT2D eigenvalue weighted by Gasteiger charge is -2.35. The maximum Gasteiger partial charge on any atom is 0.417 e. The number of primary amides is 1. The number of ether oxygens (including phenoxy) is 2. The number of methoxy groups -OCH3 is 1. The van der Waals surface area contributed by atoms with Crippen LogP contribution in [0.25, 0.3) is 11.0 Å². The van der Waals surface area contributed by atoms with Crippen molar-refractivity contribution in [2.24, 2.45) is 23.5 Å². The Morgan fingerprint density at radius 3 is 2.51 bits per heavy atom. The lowest BCUT2D eigenvalue weighted by atomic mass is 9.73. The Balaban J connectivity index is 0.000000260. The summed E-state index contributed by atoms with van der Waals surface area (Å²) in [6.45, 7) is 2.22. The predicted octanol–water partition coefficient (Wildman–Crippen LogP) is 3.61. The van der Waals surface area contributed by atoms with Crippen LogP contribution >= 0.6 is 0 Å². The van der Waals surface area contributed by atoms with Crippen molar-refractivity contribution in [2.75, 3.05) is 20.8 Å². The van der Waals surface area contributed by atoms with Gasteiger partial charge >= 0.3 is 6.18 Å². The molecule has 1 fully saturated rings. The summed E-state index contributed by atoms with van der Waals surface area (Å²) < 4.78 is 76.3. The normalized spacial score (nSPS) is 28.3. The number of hydrogen-bond donors (Lipinski definition) is 3. The average Bonchev–Trinajstić information content (AvgIpc) is 3.42. The van der Waals surface area contributed by atoms with Crippen LogP contribution in [0.4, 0.5) is 22.0 Å². The number of nitrogens with one attached hydrogen (secondary N) is 1. The molecular weight excluding hydrogens is 479 g/mol. The van der Waals surface area contributed by atoms with Crippen molar-refractivity contribution in [1.29, 1.82) is 0 Å². The molecule has 0 radical (unpaired) electrons. The first-order valence-corrected chi connectivity index (χ1v) is 10.4. The summed E-state index contributed by atoms with van der Waals surface area (Å²) in [5.74, 6) is -4.92. The number of hydrogen-bond acceptors (Lipinski definition) is 6. The van der Waals surface area contributed by atoms with Crippen LogP contribution in [-0.4, -0.2) is 64.7 Å². The van der Waals surface area contributed by atoms with Crippen LogP contribution in [0.15, 0.2) is 42.4 Å². The molecule has 2 aliphatic rings. The van der Waals surface area contributed by atoms with Crippen molar-refractivity contribution in [1.82, 2.24) is 15.0 Å². The molecule has 4 unspecified atom stereocenters. The fourth-order valence-corrected chi connectivity index (χ4v) is 4.09. The molecular formula is C22H27F5N4O4. The summed E-state index contributed by atoms with van der Waals surface area (Å²) in [5.41, 5.74) is 4.28. The van der Waals surface area contributed by atoms with Gasteiger partial charge in [0.15, 0.2) is 22.9 Å². The predicted molar refractivity (Wildman–Crippen MR) is 116 cm³/mol. The van der Waals surface area contributed by atoms with E-state index in [-0.39, 0.29) is 12.3 Å². The molecule has 1 saturated heterocycles. The van der Waals surface area contributed by atoms with E-state index < -0.39 is 53.2 Å². The van der Waals surface area contributed by atoms with Gasteiger partial charge in [-0.2, -0.15) is 13.2 Å². The zero-order valence-corrected chi connectivity index (χ0v) is 19.4. The van der Waals surface area contributed by atoms with Gasteiger partial charge in [-0.15, -0.1) is 0 Å². The Kier molecular flexibility index (Phi) is 9.09. The highest BCUT2D eigenvalue weighted by molar-refractivity contribution is 6.01. The van der Waals surface area contributed by atoms with E-state index in [1.165, 1.54) is 32.6 Å². The number of nitrogens with zero attached hydrogens (tertiary/aromatic N) is 2. The third-order valence-corrected chi connectivity index (χ3v) is 6.26. The molecule has 1 amide bonds. The quantitative estimate of drug-likeness (QED) is 0.547. The smallest absolute Gasteiger partial charge is 0.400 e. The number of halogens is 5. The number of aromatic amines is 1. The second-order valence-corrected chi connectivity index (χ2v) is 7.98. The second-order valence-electron chi connectivity index (χ2n) is 7.98. The van der Waals surface area contributed by atoms with E-state index in [9.17, 15) is 26.7 Å². The Morgan fingerprint density at radius 1 is 1.31 bits per heavy atom. The number of pyridine rings is 1. The van der Waals surface area contributed by atoms with Crippen LogP contribution in [0.5, 0.6) is 0 Å². The molecule has 0 bridgehead atoms. The van der Waals surface area contributed by atoms with Crippen LogP contribution in [0.1, 0.15) is 24.3 Å². The van der Waals surface area contributed by atoms with Gasteiger partial charge in [0, 0.05) is 26.3 Å². The summed E-state index contributed by atoms with van der Waals surface area (Å²) >= 11 is 0. The molecule has 5 atom stereocenters. The van der Waals surface area contributed by atoms with Gasteiger partial charge in [-0.05, 0) is 30.9 Å². The van der Waals surface area contributed by atoms with Gasteiger partial charge in [0.05, 0.1) is 18.5 Å². The van der Waals surface area contributed by atoms with E-state index in [4.69, 9.17) is 20.3 Å². The molecule has 1 aliphatic carbocycles. The van der Waals surface area contributed by atoms with Gasteiger partial charge in [0.1, 0.15) is 11.6 Å². The van der Waals surface area contributed by atoms with Crippen molar-refractivity contribution in [3.8, 4) is 0 Å². The average molecular weight is 506 g/mol. The number of alkyl halides is 3. The zero-order valence-electron chi connectivity index (χ0n) is 19.4. The number of aliphatic hydroxyl groups excluding tert-OH is 1. The first-order valence-electron chi connectivity index (χ1n) is 10.4. The Morgan fingerprint density at radius 2 is 1.97 bits per heavy atom. The molecule has 4 rings (SSSR count). The summed E-state index contributed by atoms with van der Waals surface area (Å²) in [4.78, 5) is 21.4. The lowest BCUT2D eigenvalue weighted by molar-refractivity contribution is -0.266. The minimum atomic E-state index is -4.53. The Labute approximate surface area is 198 Å². The molecule has 0 saturated carbocycles. The van der Waals surface area contributed by atoms with E-state index in [0.717, 1.165) is 25.6 Å². The van der Waals surface area contributed by atoms with Crippen LogP contribution in [0.3, 0.4) is 0 Å². The molecule has 3 heterocycles. The summed E-state index contributed by atoms with van der Waals surface area (Å²) in [7, 11) is 2.20. The number of allylic oxidation sites excluding steroid dienone is 2. The number of aromatic nitrogens is 3. The monoisotopic (exact) mass is 506 g/mol. The van der Waals surface area contributed by atoms with E-state index in [0.29, 0.717) is 5.52 Å². The highest BCUT2D eigenvalue weighted by atomic mass is 19.4. The van der Waals surface area contributed by atoms with Crippen molar-refractivity contribution in [2.45, 2.75) is 31.7 Å². The number of carbonyl (C=O) groups is 1. The number of nitrogens with two attached hydrogens (primary N) is 1. The first-order chi connectivity index (χ1) is 16.4. The second kappa shape index (κ2) is 11.2. The number of amides is 1. The van der Waals surface area contributed by atoms with Crippen LogP contribution in [0, 0.1) is 17.8 Å². The Hall–Kier alpha value is -2.90. The number of fused-ring (bicyclic) bond motifs is 1. The molecule has 8 nitrogen and oxygen atoms in total. The maximum atomic E-state index is 13.8. The molecule has 35 heavy (non-hydrogen) atoms. The third kappa shape index (κ3) is 5.52. The third-order valence-electron chi connectivity index (χ3n) is 6.26. The van der Waals surface area contributed by atoms with Gasteiger partial charge in [-0.3, -0.25) is 4.79 Å². The van der Waals surface area contributed by atoms with Crippen molar-refractivity contribution >= 4 is 16.9 Å². The van der Waals surface area contributed by atoms with Gasteiger partial charge in [-0.25, -0.2) is 18.7 Å². The highest BCUT2D eigenvalue weighted by Crippen LogP contribution is 2.50. The molecule has 1 aliphatic heterocycles. The summed E-state index contributed by atoms with van der Waals surface area (Å²) in [6.07, 6.45) is -0.437. The fraction of sp³-hybridized carbons (Fsp3) is 0.500. The van der Waals surface area contributed by atoms with E-state index >= 15 is 0 Å². The zero-order chi connectivity index (χ0) is 26.6. The number of imidazole rings is 1. The number of carbonyl (C=O) groups excluding carboxylic acids is 1. The van der Waals surface area contributed by atoms with Gasteiger partial charge in [0.2, 0.25) is 0 Å². The lowest BCUT2D eigenvalue weighted by Crippen LogP contribution is -2.48. The topological polar surface area (TPSA) is 123 Å². The molecule has 194 valence electrons. The molecule has 13 heteroatoms. The van der Waals surface area contributed by atoms with E-state index in [2.05, 4.69) is 15.0 Å². The minimum Gasteiger partial charge on any atom is -0.400 e. The van der Waals surface area contributed by atoms with Crippen LogP contribution < -0.4 is 5.73 Å². The number of H-pyrrole nitrogens is 1. The van der Waals surface area contributed by atoms with Gasteiger partial charge < -0.3 is 25.3 Å². The molecule has 2 aromatic heterocycles. The van der Waals surface area contributed by atoms with Crippen molar-refractivity contribution in [3.05, 3.63) is 48.1 Å². The fourth-order valence-electron chi connectivity index (χ4n) is 4.09. The van der Waals surface area contributed by atoms with Crippen molar-refractivity contribution in [3.63, 3.8) is 0 Å². The molecule has 0 aromatic carbocycles. The minimum absolute atomic E-state index is 0.180. The van der Waals surface area contributed by atoms with Gasteiger partial charge in [0.25, 0.3) is 5.91 Å². The Bertz CT molecular complexity index is 1090. The van der Waals surface area contributed by atoms with E-state index in [1.54, 1.807) is 6.07 Å². The van der Waals surface area contributed by atoms with Crippen LogP contribution in [0.2, 0.25) is 0 Å². The summed E-state index contributed by atoms with van der Waals surface area (Å²) in [6, 6.07) is 1.73. The molecule has 0 spiro atoms. The highest BCUT2D eigenvalue weighted by Gasteiger charge is 2.62. The standard InChI is InChI=1S/C14H17F5O2.C7H6N4O.CH4O/c1-7-9(6-21-13(7,2)14(17,18)19)8-4-5-10(15)11(16)12(8)20-3;8-7(12)6-5-4(1-2-9-6)10-3-11-5;1-2/h4-5,7-9,12H,6H2,1-3H3;1-3H,(H2,8,12)(H,10,11);2H,1H3/t7?,8?,9?,12?,13-;;/m1../s1. The molecule has 2 aromatic rings. The number of aliphatic hydroxyl groups is 1. The SMILES string of the molecule is CO.COC1C(F)=C(F)C=CC1C1CO[C@@](C)(C(F)(F)F)C1C.NC(=O)c1nccc2[nH]cnc12. The molecule has 4 N–H and O–H groups in total. The number of rotatable bonds is 3.